The van der Waals surface area contributed by atoms with Gasteiger partial charge < -0.3 is 15.2 Å². The summed E-state index contributed by atoms with van der Waals surface area (Å²) in [6.45, 7) is 7.20. The lowest BCUT2D eigenvalue weighted by molar-refractivity contribution is 0.331. The normalized spacial score (nSPS) is 17.7. The van der Waals surface area contributed by atoms with Crippen molar-refractivity contribution in [2.75, 3.05) is 24.5 Å². The van der Waals surface area contributed by atoms with E-state index in [0.29, 0.717) is 18.4 Å². The SMILES string of the molecule is CC(C)C[C@H](CN)Cc1nc(N2CCCC2)no1. The van der Waals surface area contributed by atoms with Gasteiger partial charge >= 0.3 is 0 Å². The van der Waals surface area contributed by atoms with Gasteiger partial charge in [-0.2, -0.15) is 4.98 Å². The predicted octanol–water partition coefficient (Wildman–Crippen LogP) is 1.83. The molecule has 1 aromatic rings. The monoisotopic (exact) mass is 252 g/mol. The first-order valence-corrected chi connectivity index (χ1v) is 6.96. The lowest BCUT2D eigenvalue weighted by Crippen LogP contribution is -2.20. The van der Waals surface area contributed by atoms with E-state index in [1.165, 1.54) is 12.8 Å². The summed E-state index contributed by atoms with van der Waals surface area (Å²) < 4.78 is 5.33. The summed E-state index contributed by atoms with van der Waals surface area (Å²) >= 11 is 0. The molecule has 0 amide bonds. The quantitative estimate of drug-likeness (QED) is 0.836. The largest absolute Gasteiger partial charge is 0.338 e. The van der Waals surface area contributed by atoms with Crippen LogP contribution >= 0.6 is 0 Å². The van der Waals surface area contributed by atoms with Gasteiger partial charge in [0.05, 0.1) is 0 Å². The average Bonchev–Trinajstić information content (AvgIpc) is 2.97. The Morgan fingerprint density at radius 3 is 2.67 bits per heavy atom. The lowest BCUT2D eigenvalue weighted by atomic mass is 9.94. The predicted molar refractivity (Wildman–Crippen MR) is 71.4 cm³/mol. The van der Waals surface area contributed by atoms with Crippen LogP contribution in [0, 0.1) is 11.8 Å². The molecular weight excluding hydrogens is 228 g/mol. The summed E-state index contributed by atoms with van der Waals surface area (Å²) in [5, 5.41) is 4.06. The molecule has 0 aromatic carbocycles. The summed E-state index contributed by atoms with van der Waals surface area (Å²) in [6, 6.07) is 0. The maximum absolute atomic E-state index is 5.80. The second-order valence-corrected chi connectivity index (χ2v) is 5.62. The van der Waals surface area contributed by atoms with Crippen molar-refractivity contribution in [3.05, 3.63) is 5.89 Å². The molecule has 0 saturated carbocycles. The zero-order valence-electron chi connectivity index (χ0n) is 11.4. The highest BCUT2D eigenvalue weighted by molar-refractivity contribution is 5.28. The second-order valence-electron chi connectivity index (χ2n) is 5.62. The number of aromatic nitrogens is 2. The molecule has 5 heteroatoms. The molecule has 0 bridgehead atoms. The van der Waals surface area contributed by atoms with Crippen molar-refractivity contribution in [3.8, 4) is 0 Å². The van der Waals surface area contributed by atoms with Crippen LogP contribution in [0.2, 0.25) is 0 Å². The Morgan fingerprint density at radius 2 is 2.06 bits per heavy atom. The molecule has 0 aliphatic carbocycles. The first-order chi connectivity index (χ1) is 8.69. The third-order valence-corrected chi connectivity index (χ3v) is 3.45. The Morgan fingerprint density at radius 1 is 1.33 bits per heavy atom. The van der Waals surface area contributed by atoms with Crippen LogP contribution in [0.15, 0.2) is 4.52 Å². The molecular formula is C13H24N4O. The molecule has 18 heavy (non-hydrogen) atoms. The molecule has 1 saturated heterocycles. The van der Waals surface area contributed by atoms with Crippen molar-refractivity contribution >= 4 is 5.95 Å². The Hall–Kier alpha value is -1.10. The molecule has 5 nitrogen and oxygen atoms in total. The van der Waals surface area contributed by atoms with Crippen LogP contribution in [-0.2, 0) is 6.42 Å². The molecule has 1 atom stereocenters. The van der Waals surface area contributed by atoms with Crippen LogP contribution in [0.4, 0.5) is 5.95 Å². The van der Waals surface area contributed by atoms with Gasteiger partial charge in [0.1, 0.15) is 0 Å². The highest BCUT2D eigenvalue weighted by Crippen LogP contribution is 2.19. The van der Waals surface area contributed by atoms with Gasteiger partial charge in [0.25, 0.3) is 5.95 Å². The van der Waals surface area contributed by atoms with Gasteiger partial charge in [-0.3, -0.25) is 0 Å². The summed E-state index contributed by atoms with van der Waals surface area (Å²) in [5.74, 6) is 2.58. The van der Waals surface area contributed by atoms with Crippen LogP contribution in [0.25, 0.3) is 0 Å². The maximum Gasteiger partial charge on any atom is 0.266 e. The van der Waals surface area contributed by atoms with Gasteiger partial charge in [0.15, 0.2) is 0 Å². The number of rotatable bonds is 6. The molecule has 1 aliphatic heterocycles. The fourth-order valence-electron chi connectivity index (χ4n) is 2.55. The molecule has 0 spiro atoms. The lowest BCUT2D eigenvalue weighted by Gasteiger charge is -2.14. The maximum atomic E-state index is 5.80. The minimum atomic E-state index is 0.442. The smallest absolute Gasteiger partial charge is 0.266 e. The van der Waals surface area contributed by atoms with E-state index >= 15 is 0 Å². The highest BCUT2D eigenvalue weighted by Gasteiger charge is 2.19. The van der Waals surface area contributed by atoms with Crippen LogP contribution < -0.4 is 10.6 Å². The Kier molecular flexibility index (Phi) is 4.58. The fourth-order valence-corrected chi connectivity index (χ4v) is 2.55. The zero-order valence-corrected chi connectivity index (χ0v) is 11.4. The summed E-state index contributed by atoms with van der Waals surface area (Å²) in [5.41, 5.74) is 5.80. The summed E-state index contributed by atoms with van der Waals surface area (Å²) in [4.78, 5) is 6.67. The van der Waals surface area contributed by atoms with Gasteiger partial charge in [-0.05, 0) is 42.8 Å². The topological polar surface area (TPSA) is 68.2 Å². The highest BCUT2D eigenvalue weighted by atomic mass is 16.5. The Labute approximate surface area is 109 Å². The van der Waals surface area contributed by atoms with Gasteiger partial charge in [0.2, 0.25) is 5.89 Å². The zero-order chi connectivity index (χ0) is 13.0. The van der Waals surface area contributed by atoms with Crippen LogP contribution in [0.5, 0.6) is 0 Å². The van der Waals surface area contributed by atoms with E-state index in [9.17, 15) is 0 Å². The van der Waals surface area contributed by atoms with Crippen LogP contribution in [0.1, 0.15) is 39.0 Å². The van der Waals surface area contributed by atoms with E-state index < -0.39 is 0 Å². The number of nitrogens with zero attached hydrogens (tertiary/aromatic N) is 3. The molecule has 102 valence electrons. The van der Waals surface area contributed by atoms with Crippen molar-refractivity contribution in [1.82, 2.24) is 10.1 Å². The molecule has 0 unspecified atom stereocenters. The van der Waals surface area contributed by atoms with Gasteiger partial charge in [-0.25, -0.2) is 0 Å². The molecule has 2 heterocycles. The van der Waals surface area contributed by atoms with E-state index in [1.807, 2.05) is 0 Å². The van der Waals surface area contributed by atoms with E-state index in [4.69, 9.17) is 10.3 Å². The van der Waals surface area contributed by atoms with E-state index in [2.05, 4.69) is 28.9 Å². The van der Waals surface area contributed by atoms with Gasteiger partial charge in [0, 0.05) is 19.5 Å². The molecule has 1 aliphatic rings. The summed E-state index contributed by atoms with van der Waals surface area (Å²) in [7, 11) is 0. The van der Waals surface area contributed by atoms with Gasteiger partial charge in [-0.1, -0.05) is 13.8 Å². The number of hydrogen-bond donors (Lipinski definition) is 1. The minimum Gasteiger partial charge on any atom is -0.338 e. The molecule has 1 fully saturated rings. The molecule has 0 radical (unpaired) electrons. The number of hydrogen-bond acceptors (Lipinski definition) is 5. The second kappa shape index (κ2) is 6.18. The van der Waals surface area contributed by atoms with Crippen LogP contribution in [0.3, 0.4) is 0 Å². The van der Waals surface area contributed by atoms with Crippen molar-refractivity contribution in [3.63, 3.8) is 0 Å². The number of nitrogens with two attached hydrogens (primary N) is 1. The standard InChI is InChI=1S/C13H24N4O/c1-10(2)7-11(9-14)8-12-15-13(16-18-12)17-5-3-4-6-17/h10-11H,3-9,14H2,1-2H3/t11-/m0/s1. The van der Waals surface area contributed by atoms with Crippen molar-refractivity contribution in [2.24, 2.45) is 17.6 Å². The molecule has 2 rings (SSSR count). The molecule has 1 aromatic heterocycles. The van der Waals surface area contributed by atoms with E-state index in [1.54, 1.807) is 0 Å². The third-order valence-electron chi connectivity index (χ3n) is 3.45. The van der Waals surface area contributed by atoms with E-state index in [-0.39, 0.29) is 0 Å². The Balaban J connectivity index is 1.92. The number of anilines is 1. The van der Waals surface area contributed by atoms with Crippen molar-refractivity contribution in [1.29, 1.82) is 0 Å². The summed E-state index contributed by atoms with van der Waals surface area (Å²) in [6.07, 6.45) is 4.36. The third kappa shape index (κ3) is 3.45. The van der Waals surface area contributed by atoms with Crippen molar-refractivity contribution in [2.45, 2.75) is 39.5 Å². The minimum absolute atomic E-state index is 0.442. The fraction of sp³-hybridized carbons (Fsp3) is 0.846. The first-order valence-electron chi connectivity index (χ1n) is 6.96. The van der Waals surface area contributed by atoms with E-state index in [0.717, 1.165) is 37.8 Å². The average molecular weight is 252 g/mol. The van der Waals surface area contributed by atoms with Crippen LogP contribution in [-0.4, -0.2) is 29.8 Å². The van der Waals surface area contributed by atoms with Gasteiger partial charge in [-0.15, -0.1) is 0 Å². The first kappa shape index (κ1) is 13.3. The Bertz CT molecular complexity index is 358. The molecule has 2 N–H and O–H groups in total. The van der Waals surface area contributed by atoms with Crippen molar-refractivity contribution < 1.29 is 4.52 Å².